The first-order chi connectivity index (χ1) is 9.78. The minimum Gasteiger partial charge on any atom is -0.312 e. The van der Waals surface area contributed by atoms with Crippen LogP contribution in [0.15, 0.2) is 0 Å². The van der Waals surface area contributed by atoms with Gasteiger partial charge in [0.2, 0.25) is 0 Å². The van der Waals surface area contributed by atoms with Crippen LogP contribution in [-0.2, 0) is 0 Å². The number of hydrogen-bond acceptors (Lipinski definition) is 3. The number of likely N-dealkylation sites (N-methyl/N-ethyl adjacent to an activating group) is 1. The summed E-state index contributed by atoms with van der Waals surface area (Å²) in [5, 5.41) is 3.97. The first kappa shape index (κ1) is 13.5. The van der Waals surface area contributed by atoms with Crippen molar-refractivity contribution in [2.24, 2.45) is 23.7 Å². The third kappa shape index (κ3) is 2.65. The van der Waals surface area contributed by atoms with Crippen LogP contribution in [-0.4, -0.2) is 62.2 Å². The van der Waals surface area contributed by atoms with E-state index in [2.05, 4.69) is 22.2 Å². The van der Waals surface area contributed by atoms with Crippen LogP contribution in [0, 0.1) is 23.7 Å². The molecular formula is C17H31N3. The van der Waals surface area contributed by atoms with Crippen molar-refractivity contribution in [3.63, 3.8) is 0 Å². The summed E-state index contributed by atoms with van der Waals surface area (Å²) in [5.74, 6) is 4.26. The second-order valence-electron chi connectivity index (χ2n) is 8.06. The molecule has 114 valence electrons. The molecular weight excluding hydrogens is 246 g/mol. The summed E-state index contributed by atoms with van der Waals surface area (Å²) in [6, 6.07) is 0.871. The average molecular weight is 277 g/mol. The lowest BCUT2D eigenvalue weighted by atomic mass is 9.54. The van der Waals surface area contributed by atoms with E-state index in [9.17, 15) is 0 Å². The fourth-order valence-corrected chi connectivity index (χ4v) is 5.72. The van der Waals surface area contributed by atoms with E-state index in [0.717, 1.165) is 29.7 Å². The van der Waals surface area contributed by atoms with E-state index in [1.807, 2.05) is 0 Å². The maximum Gasteiger partial charge on any atom is 0.0124 e. The van der Waals surface area contributed by atoms with Crippen molar-refractivity contribution in [3.8, 4) is 0 Å². The van der Waals surface area contributed by atoms with E-state index in [1.165, 1.54) is 39.3 Å². The SMILES string of the molecule is CN1CCN(CCNC2C3CC4CC(C3)CC2C4)CC1. The van der Waals surface area contributed by atoms with Crippen molar-refractivity contribution in [1.82, 2.24) is 15.1 Å². The zero-order valence-electron chi connectivity index (χ0n) is 13.1. The largest absolute Gasteiger partial charge is 0.312 e. The van der Waals surface area contributed by atoms with E-state index in [0.29, 0.717) is 0 Å². The number of rotatable bonds is 4. The van der Waals surface area contributed by atoms with Gasteiger partial charge in [-0.2, -0.15) is 0 Å². The molecule has 1 aliphatic heterocycles. The fourth-order valence-electron chi connectivity index (χ4n) is 5.72. The zero-order valence-corrected chi connectivity index (χ0v) is 13.1. The topological polar surface area (TPSA) is 18.5 Å². The van der Waals surface area contributed by atoms with Gasteiger partial charge in [-0.15, -0.1) is 0 Å². The number of nitrogens with one attached hydrogen (secondary N) is 1. The molecule has 4 aliphatic carbocycles. The molecule has 0 atom stereocenters. The minimum absolute atomic E-state index is 0.871. The molecule has 0 spiro atoms. The van der Waals surface area contributed by atoms with E-state index in [1.54, 1.807) is 32.1 Å². The monoisotopic (exact) mass is 277 g/mol. The zero-order chi connectivity index (χ0) is 13.5. The first-order valence-corrected chi connectivity index (χ1v) is 8.92. The molecule has 0 unspecified atom stereocenters. The van der Waals surface area contributed by atoms with Gasteiger partial charge in [0.1, 0.15) is 0 Å². The van der Waals surface area contributed by atoms with Crippen molar-refractivity contribution in [1.29, 1.82) is 0 Å². The summed E-state index contributed by atoms with van der Waals surface area (Å²) >= 11 is 0. The molecule has 5 aliphatic rings. The number of nitrogens with zero attached hydrogens (tertiary/aromatic N) is 2. The maximum absolute atomic E-state index is 3.97. The highest BCUT2D eigenvalue weighted by atomic mass is 15.2. The molecule has 20 heavy (non-hydrogen) atoms. The molecule has 1 heterocycles. The lowest BCUT2D eigenvalue weighted by Crippen LogP contribution is -2.56. The highest BCUT2D eigenvalue weighted by Gasteiger charge is 2.47. The molecule has 4 bridgehead atoms. The third-order valence-corrected chi connectivity index (χ3v) is 6.63. The normalized spacial score (nSPS) is 45.1. The highest BCUT2D eigenvalue weighted by Crippen LogP contribution is 2.53. The first-order valence-electron chi connectivity index (χ1n) is 8.92. The Morgan fingerprint density at radius 1 is 0.850 bits per heavy atom. The van der Waals surface area contributed by atoms with E-state index >= 15 is 0 Å². The molecule has 0 aromatic carbocycles. The number of hydrogen-bond donors (Lipinski definition) is 1. The summed E-state index contributed by atoms with van der Waals surface area (Å²) in [7, 11) is 2.24. The van der Waals surface area contributed by atoms with E-state index in [4.69, 9.17) is 0 Å². The Hall–Kier alpha value is -0.120. The Morgan fingerprint density at radius 2 is 1.45 bits per heavy atom. The summed E-state index contributed by atoms with van der Waals surface area (Å²) in [6.45, 7) is 7.50. The standard InChI is InChI=1S/C17H31N3/c1-19-4-6-20(7-5-19)3-2-18-17-15-9-13-8-14(11-15)12-16(17)10-13/h13-18H,2-12H2,1H3. The van der Waals surface area contributed by atoms with Crippen molar-refractivity contribution >= 4 is 0 Å². The third-order valence-electron chi connectivity index (χ3n) is 6.63. The fraction of sp³-hybridized carbons (Fsp3) is 1.00. The van der Waals surface area contributed by atoms with Crippen molar-refractivity contribution in [3.05, 3.63) is 0 Å². The van der Waals surface area contributed by atoms with Gasteiger partial charge in [0.05, 0.1) is 0 Å². The van der Waals surface area contributed by atoms with Crippen LogP contribution in [0.25, 0.3) is 0 Å². The lowest BCUT2D eigenvalue weighted by molar-refractivity contribution is -0.0144. The van der Waals surface area contributed by atoms with Gasteiger partial charge in [0, 0.05) is 45.3 Å². The molecule has 1 saturated heterocycles. The second-order valence-corrected chi connectivity index (χ2v) is 8.06. The smallest absolute Gasteiger partial charge is 0.0124 e. The highest BCUT2D eigenvalue weighted by molar-refractivity contribution is 5.01. The number of piperazine rings is 1. The molecule has 1 N–H and O–H groups in total. The van der Waals surface area contributed by atoms with Gasteiger partial charge in [-0.3, -0.25) is 4.90 Å². The molecule has 0 aromatic heterocycles. The molecule has 0 amide bonds. The van der Waals surface area contributed by atoms with Crippen LogP contribution >= 0.6 is 0 Å². The van der Waals surface area contributed by atoms with Crippen LogP contribution in [0.5, 0.6) is 0 Å². The Morgan fingerprint density at radius 3 is 2.05 bits per heavy atom. The van der Waals surface area contributed by atoms with Crippen LogP contribution < -0.4 is 5.32 Å². The second kappa shape index (κ2) is 5.58. The molecule has 3 heteroatoms. The van der Waals surface area contributed by atoms with Crippen molar-refractivity contribution < 1.29 is 0 Å². The minimum atomic E-state index is 0.871. The molecule has 0 aromatic rings. The lowest BCUT2D eigenvalue weighted by Gasteiger charge is -2.54. The quantitative estimate of drug-likeness (QED) is 0.843. The summed E-state index contributed by atoms with van der Waals surface area (Å²) in [5.41, 5.74) is 0. The predicted molar refractivity (Wildman–Crippen MR) is 82.8 cm³/mol. The van der Waals surface area contributed by atoms with Crippen LogP contribution in [0.3, 0.4) is 0 Å². The van der Waals surface area contributed by atoms with Crippen molar-refractivity contribution in [2.75, 3.05) is 46.3 Å². The molecule has 3 nitrogen and oxygen atoms in total. The Labute approximate surface area is 124 Å². The molecule has 5 fully saturated rings. The predicted octanol–water partition coefficient (Wildman–Crippen LogP) is 1.65. The van der Waals surface area contributed by atoms with Gasteiger partial charge in [-0.25, -0.2) is 0 Å². The summed E-state index contributed by atoms with van der Waals surface area (Å²) in [4.78, 5) is 5.09. The Balaban J connectivity index is 1.24. The van der Waals surface area contributed by atoms with E-state index in [-0.39, 0.29) is 0 Å². The average Bonchev–Trinajstić information content (AvgIpc) is 2.43. The summed E-state index contributed by atoms with van der Waals surface area (Å²) in [6.07, 6.45) is 7.73. The van der Waals surface area contributed by atoms with Gasteiger partial charge in [0.25, 0.3) is 0 Å². The van der Waals surface area contributed by atoms with Crippen molar-refractivity contribution in [2.45, 2.75) is 38.1 Å². The van der Waals surface area contributed by atoms with Gasteiger partial charge < -0.3 is 10.2 Å². The molecule has 0 radical (unpaired) electrons. The molecule has 4 saturated carbocycles. The maximum atomic E-state index is 3.97. The van der Waals surface area contributed by atoms with Gasteiger partial charge in [-0.05, 0) is 62.8 Å². The van der Waals surface area contributed by atoms with Gasteiger partial charge in [0.15, 0.2) is 0 Å². The molecule has 5 rings (SSSR count). The Bertz CT molecular complexity index is 307. The van der Waals surface area contributed by atoms with Crippen LogP contribution in [0.4, 0.5) is 0 Å². The summed E-state index contributed by atoms with van der Waals surface area (Å²) < 4.78 is 0. The Kier molecular flexibility index (Phi) is 3.78. The van der Waals surface area contributed by atoms with E-state index < -0.39 is 0 Å². The van der Waals surface area contributed by atoms with Crippen LogP contribution in [0.1, 0.15) is 32.1 Å². The van der Waals surface area contributed by atoms with Gasteiger partial charge in [-0.1, -0.05) is 0 Å². The van der Waals surface area contributed by atoms with Crippen LogP contribution in [0.2, 0.25) is 0 Å². The van der Waals surface area contributed by atoms with Gasteiger partial charge >= 0.3 is 0 Å².